The predicted molar refractivity (Wildman–Crippen MR) is 58.6 cm³/mol. The van der Waals surface area contributed by atoms with Gasteiger partial charge in [-0.05, 0) is 12.0 Å². The summed E-state index contributed by atoms with van der Waals surface area (Å²) in [5.74, 6) is 1.00. The lowest BCUT2D eigenvalue weighted by Gasteiger charge is -2.03. The molecule has 0 amide bonds. The van der Waals surface area contributed by atoms with E-state index in [1.54, 1.807) is 29.4 Å². The van der Waals surface area contributed by atoms with Crippen LogP contribution in [0.4, 0.5) is 5.82 Å². The van der Waals surface area contributed by atoms with E-state index in [4.69, 9.17) is 11.0 Å². The molecular weight excluding hydrogens is 202 g/mol. The maximum absolute atomic E-state index is 9.17. The quantitative estimate of drug-likeness (QED) is 0.722. The number of rotatable bonds is 2. The zero-order valence-electron chi connectivity index (χ0n) is 8.94. The van der Waals surface area contributed by atoms with Crippen LogP contribution in [0.15, 0.2) is 24.8 Å². The number of aryl methyl sites for hydroxylation is 1. The van der Waals surface area contributed by atoms with Crippen molar-refractivity contribution in [2.75, 3.05) is 5.73 Å². The smallest absolute Gasteiger partial charge is 0.287 e. The van der Waals surface area contributed by atoms with Crippen molar-refractivity contribution in [2.45, 2.75) is 13.3 Å². The van der Waals surface area contributed by atoms with E-state index in [-0.39, 0.29) is 0 Å². The number of hydrogen-bond acceptors (Lipinski definition) is 3. The maximum atomic E-state index is 9.17. The first-order valence-electron chi connectivity index (χ1n) is 5.00. The summed E-state index contributed by atoms with van der Waals surface area (Å²) in [6.45, 7) is 1.99. The van der Waals surface area contributed by atoms with Crippen LogP contribution in [0.1, 0.15) is 18.1 Å². The SMILES string of the molecule is CCc1cc(N)nc(-[n+]2cc[nH]c2)c1C#N. The van der Waals surface area contributed by atoms with Gasteiger partial charge in [0, 0.05) is 6.07 Å². The molecule has 2 heterocycles. The van der Waals surface area contributed by atoms with Gasteiger partial charge in [-0.25, -0.2) is 4.57 Å². The monoisotopic (exact) mass is 214 g/mol. The Balaban J connectivity index is 2.69. The topological polar surface area (TPSA) is 82.4 Å². The molecule has 0 saturated heterocycles. The lowest BCUT2D eigenvalue weighted by molar-refractivity contribution is -0.598. The van der Waals surface area contributed by atoms with E-state index in [1.807, 2.05) is 6.92 Å². The molecule has 0 aliphatic rings. The summed E-state index contributed by atoms with van der Waals surface area (Å²) < 4.78 is 1.74. The Hall–Kier alpha value is -2.35. The van der Waals surface area contributed by atoms with Crippen molar-refractivity contribution < 1.29 is 4.57 Å². The number of nitrogens with two attached hydrogens (primary N) is 1. The van der Waals surface area contributed by atoms with Crippen molar-refractivity contribution in [1.82, 2.24) is 9.97 Å². The minimum Gasteiger partial charge on any atom is -0.370 e. The van der Waals surface area contributed by atoms with Gasteiger partial charge in [-0.3, -0.25) is 4.98 Å². The first-order chi connectivity index (χ1) is 7.76. The largest absolute Gasteiger partial charge is 0.370 e. The molecule has 0 aliphatic carbocycles. The number of nitrogens with zero attached hydrogens (tertiary/aromatic N) is 3. The van der Waals surface area contributed by atoms with Crippen LogP contribution in [0, 0.1) is 11.3 Å². The lowest BCUT2D eigenvalue weighted by atomic mass is 10.1. The van der Waals surface area contributed by atoms with Crippen LogP contribution in [0.5, 0.6) is 0 Å². The number of H-pyrrole nitrogens is 1. The fraction of sp³-hybridized carbons (Fsp3) is 0.182. The molecule has 0 radical (unpaired) electrons. The number of nitrogen functional groups attached to an aromatic ring is 1. The average Bonchev–Trinajstić information content (AvgIpc) is 2.81. The normalized spacial score (nSPS) is 10.0. The Labute approximate surface area is 93.2 Å². The molecule has 2 rings (SSSR count). The number of nitriles is 1. The molecule has 2 aromatic heterocycles. The van der Waals surface area contributed by atoms with Gasteiger partial charge in [-0.1, -0.05) is 11.9 Å². The fourth-order valence-electron chi connectivity index (χ4n) is 1.61. The molecule has 0 unspecified atom stereocenters. The fourth-order valence-corrected chi connectivity index (χ4v) is 1.61. The Morgan fingerprint density at radius 1 is 1.62 bits per heavy atom. The van der Waals surface area contributed by atoms with Crippen molar-refractivity contribution in [3.05, 3.63) is 35.9 Å². The minimum atomic E-state index is 0.430. The average molecular weight is 214 g/mol. The summed E-state index contributed by atoms with van der Waals surface area (Å²) in [5, 5.41) is 9.17. The summed E-state index contributed by atoms with van der Waals surface area (Å²) >= 11 is 0. The number of aromatic amines is 1. The van der Waals surface area contributed by atoms with E-state index < -0.39 is 0 Å². The number of nitrogens with one attached hydrogen (secondary N) is 1. The molecule has 0 aliphatic heterocycles. The molecule has 0 fully saturated rings. The minimum absolute atomic E-state index is 0.430. The second kappa shape index (κ2) is 4.03. The first-order valence-corrected chi connectivity index (χ1v) is 5.00. The van der Waals surface area contributed by atoms with Gasteiger partial charge in [0.05, 0.1) is 6.20 Å². The molecule has 0 saturated carbocycles. The predicted octanol–water partition coefficient (Wildman–Crippen LogP) is 0.703. The molecule has 5 heteroatoms. The zero-order valence-corrected chi connectivity index (χ0v) is 8.94. The van der Waals surface area contributed by atoms with Gasteiger partial charge in [0.1, 0.15) is 17.8 Å². The van der Waals surface area contributed by atoms with Gasteiger partial charge in [-0.2, -0.15) is 5.26 Å². The summed E-state index contributed by atoms with van der Waals surface area (Å²) in [6, 6.07) is 3.92. The van der Waals surface area contributed by atoms with Gasteiger partial charge in [0.15, 0.2) is 6.33 Å². The third kappa shape index (κ3) is 1.61. The number of aromatic nitrogens is 3. The van der Waals surface area contributed by atoms with Crippen molar-refractivity contribution in [3.8, 4) is 11.9 Å². The van der Waals surface area contributed by atoms with Crippen molar-refractivity contribution >= 4 is 5.82 Å². The molecule has 80 valence electrons. The molecule has 3 N–H and O–H groups in total. The summed E-state index contributed by atoms with van der Waals surface area (Å²) in [4.78, 5) is 7.10. The van der Waals surface area contributed by atoms with Crippen LogP contribution in [-0.4, -0.2) is 9.97 Å². The molecule has 0 aromatic carbocycles. The van der Waals surface area contributed by atoms with Gasteiger partial charge in [0.25, 0.3) is 5.82 Å². The number of hydrogen-bond donors (Lipinski definition) is 2. The summed E-state index contributed by atoms with van der Waals surface area (Å²) in [6.07, 6.45) is 6.04. The standard InChI is InChI=1S/C11H11N5/c1-2-8-5-10(13)15-11(9(8)6-12)16-4-3-14-7-16/h3-5,7H,2H2,1H3,(H2,13,15)/p+1. The molecule has 0 atom stereocenters. The highest BCUT2D eigenvalue weighted by Gasteiger charge is 2.17. The van der Waals surface area contributed by atoms with E-state index in [1.165, 1.54) is 0 Å². The van der Waals surface area contributed by atoms with Crippen molar-refractivity contribution in [1.29, 1.82) is 5.26 Å². The third-order valence-corrected chi connectivity index (χ3v) is 2.38. The number of anilines is 1. The van der Waals surface area contributed by atoms with Gasteiger partial charge in [-0.15, -0.1) is 0 Å². The van der Waals surface area contributed by atoms with Crippen LogP contribution >= 0.6 is 0 Å². The molecule has 5 nitrogen and oxygen atoms in total. The van der Waals surface area contributed by atoms with Crippen LogP contribution in [0.25, 0.3) is 5.82 Å². The number of imidazole rings is 1. The Bertz CT molecular complexity index is 536. The zero-order chi connectivity index (χ0) is 11.5. The Kier molecular flexibility index (Phi) is 2.56. The molecular formula is C11H12N5+. The van der Waals surface area contributed by atoms with E-state index in [0.717, 1.165) is 12.0 Å². The maximum Gasteiger partial charge on any atom is 0.287 e. The molecule has 2 aromatic rings. The van der Waals surface area contributed by atoms with E-state index in [9.17, 15) is 0 Å². The van der Waals surface area contributed by atoms with E-state index in [2.05, 4.69) is 16.0 Å². The first kappa shape index (κ1) is 10.2. The van der Waals surface area contributed by atoms with Crippen LogP contribution in [0.2, 0.25) is 0 Å². The van der Waals surface area contributed by atoms with Crippen LogP contribution < -0.4 is 10.3 Å². The number of pyridine rings is 1. The molecule has 16 heavy (non-hydrogen) atoms. The Morgan fingerprint density at radius 3 is 3.00 bits per heavy atom. The second-order valence-corrected chi connectivity index (χ2v) is 3.39. The van der Waals surface area contributed by atoms with Gasteiger partial charge < -0.3 is 5.73 Å². The third-order valence-electron chi connectivity index (χ3n) is 2.38. The van der Waals surface area contributed by atoms with Crippen LogP contribution in [-0.2, 0) is 6.42 Å². The summed E-state index contributed by atoms with van der Waals surface area (Å²) in [5.41, 5.74) is 7.21. The molecule has 0 bridgehead atoms. The van der Waals surface area contributed by atoms with E-state index in [0.29, 0.717) is 17.2 Å². The van der Waals surface area contributed by atoms with Crippen molar-refractivity contribution in [2.24, 2.45) is 0 Å². The van der Waals surface area contributed by atoms with Gasteiger partial charge in [0.2, 0.25) is 5.82 Å². The second-order valence-electron chi connectivity index (χ2n) is 3.39. The highest BCUT2D eigenvalue weighted by atomic mass is 15.1. The lowest BCUT2D eigenvalue weighted by Crippen LogP contribution is -2.30. The van der Waals surface area contributed by atoms with E-state index >= 15 is 0 Å². The Morgan fingerprint density at radius 2 is 2.44 bits per heavy atom. The highest BCUT2D eigenvalue weighted by Crippen LogP contribution is 2.15. The van der Waals surface area contributed by atoms with Crippen molar-refractivity contribution in [3.63, 3.8) is 0 Å². The van der Waals surface area contributed by atoms with Gasteiger partial charge >= 0.3 is 0 Å². The summed E-state index contributed by atoms with van der Waals surface area (Å²) in [7, 11) is 0. The highest BCUT2D eigenvalue weighted by molar-refractivity contribution is 5.50. The molecule has 0 spiro atoms. The van der Waals surface area contributed by atoms with Crippen LogP contribution in [0.3, 0.4) is 0 Å².